The molecule has 2 N–H and O–H groups in total. The van der Waals surface area contributed by atoms with Gasteiger partial charge in [-0.2, -0.15) is 0 Å². The lowest BCUT2D eigenvalue weighted by atomic mass is 9.83. The fraction of sp³-hybridized carbons (Fsp3) is 0.562. The molecule has 0 saturated heterocycles. The Kier molecular flexibility index (Phi) is 5.54. The average Bonchev–Trinajstić information content (AvgIpc) is 2.36. The van der Waals surface area contributed by atoms with Crippen LogP contribution in [-0.4, -0.2) is 12.3 Å². The topological polar surface area (TPSA) is 43.1 Å². The fourth-order valence-electron chi connectivity index (χ4n) is 2.08. The molecule has 0 aliphatic carbocycles. The van der Waals surface area contributed by atoms with Crippen molar-refractivity contribution in [3.8, 4) is 0 Å². The molecular formula is C16H25NO. The largest absolute Gasteiger partial charge is 0.330 e. The lowest BCUT2D eigenvalue weighted by molar-refractivity contribution is 0.0961. The number of nitrogens with two attached hydrogens (primary N) is 1. The smallest absolute Gasteiger partial charge is 0.162 e. The summed E-state index contributed by atoms with van der Waals surface area (Å²) < 4.78 is 0. The molecule has 1 rings (SSSR count). The van der Waals surface area contributed by atoms with Crippen molar-refractivity contribution in [1.29, 1.82) is 0 Å². The van der Waals surface area contributed by atoms with Crippen LogP contribution in [0.25, 0.3) is 0 Å². The molecule has 0 saturated carbocycles. The molecule has 2 heteroatoms. The number of Topliss-reactive ketones (excluding diaryl/α,β-unsaturated/α-hetero) is 1. The molecule has 0 aliphatic rings. The molecule has 0 atom stereocenters. The number of aryl methyl sites for hydroxylation is 1. The van der Waals surface area contributed by atoms with Crippen molar-refractivity contribution in [2.75, 3.05) is 6.54 Å². The number of benzene rings is 1. The highest BCUT2D eigenvalue weighted by molar-refractivity contribution is 5.96. The molecule has 0 radical (unpaired) electrons. The lowest BCUT2D eigenvalue weighted by Crippen LogP contribution is -2.18. The van der Waals surface area contributed by atoms with Crippen LogP contribution in [0, 0.1) is 5.41 Å². The first-order valence-electron chi connectivity index (χ1n) is 6.81. The van der Waals surface area contributed by atoms with Gasteiger partial charge in [-0.05, 0) is 42.9 Å². The van der Waals surface area contributed by atoms with E-state index in [1.54, 1.807) is 0 Å². The van der Waals surface area contributed by atoms with Gasteiger partial charge in [-0.15, -0.1) is 0 Å². The Bertz CT molecular complexity index is 396. The predicted octanol–water partition coefficient (Wildman–Crippen LogP) is 3.59. The molecule has 1 aromatic carbocycles. The fourth-order valence-corrected chi connectivity index (χ4v) is 2.08. The summed E-state index contributed by atoms with van der Waals surface area (Å²) in [6.07, 6.45) is 3.45. The van der Waals surface area contributed by atoms with Gasteiger partial charge in [0.2, 0.25) is 0 Å². The van der Waals surface area contributed by atoms with Gasteiger partial charge < -0.3 is 5.73 Å². The standard InChI is InChI=1S/C16H25NO/c1-4-13-6-5-7-14(12-13)15(18)8-9-16(2,3)10-11-17/h5-7,12H,4,8-11,17H2,1-3H3. The number of rotatable bonds is 7. The van der Waals surface area contributed by atoms with E-state index in [1.807, 2.05) is 18.2 Å². The first-order valence-corrected chi connectivity index (χ1v) is 6.81. The zero-order valence-electron chi connectivity index (χ0n) is 11.8. The molecule has 18 heavy (non-hydrogen) atoms. The number of carbonyl (C=O) groups excluding carboxylic acids is 1. The summed E-state index contributed by atoms with van der Waals surface area (Å²) in [5.41, 5.74) is 7.81. The minimum atomic E-state index is 0.160. The molecule has 0 heterocycles. The summed E-state index contributed by atoms with van der Waals surface area (Å²) in [5, 5.41) is 0. The van der Waals surface area contributed by atoms with E-state index in [4.69, 9.17) is 5.73 Å². The van der Waals surface area contributed by atoms with Crippen molar-refractivity contribution < 1.29 is 4.79 Å². The minimum Gasteiger partial charge on any atom is -0.330 e. The van der Waals surface area contributed by atoms with Crippen LogP contribution in [0.15, 0.2) is 24.3 Å². The SMILES string of the molecule is CCc1cccc(C(=O)CCC(C)(C)CCN)c1. The first-order chi connectivity index (χ1) is 8.48. The van der Waals surface area contributed by atoms with Crippen LogP contribution >= 0.6 is 0 Å². The lowest BCUT2D eigenvalue weighted by Gasteiger charge is -2.23. The van der Waals surface area contributed by atoms with Crippen LogP contribution in [0.1, 0.15) is 56.0 Å². The Labute approximate surface area is 111 Å². The Morgan fingerprint density at radius 1 is 1.28 bits per heavy atom. The molecule has 0 aromatic heterocycles. The number of carbonyl (C=O) groups is 1. The van der Waals surface area contributed by atoms with Gasteiger partial charge in [0.15, 0.2) is 5.78 Å². The molecule has 0 spiro atoms. The van der Waals surface area contributed by atoms with E-state index in [9.17, 15) is 4.79 Å². The molecule has 0 aliphatic heterocycles. The molecular weight excluding hydrogens is 222 g/mol. The summed E-state index contributed by atoms with van der Waals surface area (Å²) in [6.45, 7) is 7.14. The van der Waals surface area contributed by atoms with Gasteiger partial charge in [0.1, 0.15) is 0 Å². The maximum Gasteiger partial charge on any atom is 0.162 e. The Hall–Kier alpha value is -1.15. The van der Waals surface area contributed by atoms with Crippen LogP contribution < -0.4 is 5.73 Å². The van der Waals surface area contributed by atoms with Crippen molar-refractivity contribution in [2.24, 2.45) is 11.1 Å². The predicted molar refractivity (Wildman–Crippen MR) is 76.8 cm³/mol. The number of ketones is 1. The molecule has 0 amide bonds. The first kappa shape index (κ1) is 14.9. The monoisotopic (exact) mass is 247 g/mol. The van der Waals surface area contributed by atoms with Gasteiger partial charge in [-0.3, -0.25) is 4.79 Å². The van der Waals surface area contributed by atoms with Crippen molar-refractivity contribution in [3.05, 3.63) is 35.4 Å². The zero-order valence-corrected chi connectivity index (χ0v) is 11.8. The van der Waals surface area contributed by atoms with Gasteiger partial charge in [0, 0.05) is 12.0 Å². The Morgan fingerprint density at radius 3 is 2.61 bits per heavy atom. The molecule has 0 fully saturated rings. The van der Waals surface area contributed by atoms with E-state index in [0.29, 0.717) is 13.0 Å². The van der Waals surface area contributed by atoms with Crippen molar-refractivity contribution >= 4 is 5.78 Å². The minimum absolute atomic E-state index is 0.160. The van der Waals surface area contributed by atoms with E-state index in [1.165, 1.54) is 5.56 Å². The molecule has 1 aromatic rings. The van der Waals surface area contributed by atoms with E-state index in [2.05, 4.69) is 26.8 Å². The summed E-state index contributed by atoms with van der Waals surface area (Å²) in [7, 11) is 0. The van der Waals surface area contributed by atoms with Gasteiger partial charge in [-0.1, -0.05) is 39.0 Å². The summed E-state index contributed by atoms with van der Waals surface area (Å²) in [4.78, 5) is 12.1. The highest BCUT2D eigenvalue weighted by Crippen LogP contribution is 2.26. The van der Waals surface area contributed by atoms with Gasteiger partial charge in [0.05, 0.1) is 0 Å². The van der Waals surface area contributed by atoms with Gasteiger partial charge >= 0.3 is 0 Å². The normalized spacial score (nSPS) is 11.6. The third-order valence-corrected chi connectivity index (χ3v) is 3.51. The van der Waals surface area contributed by atoms with E-state index >= 15 is 0 Å². The summed E-state index contributed by atoms with van der Waals surface area (Å²) in [5.74, 6) is 0.246. The highest BCUT2D eigenvalue weighted by Gasteiger charge is 2.18. The zero-order chi connectivity index (χ0) is 13.6. The molecule has 2 nitrogen and oxygen atoms in total. The average molecular weight is 247 g/mol. The van der Waals surface area contributed by atoms with Gasteiger partial charge in [-0.25, -0.2) is 0 Å². The van der Waals surface area contributed by atoms with Crippen LogP contribution in [0.2, 0.25) is 0 Å². The van der Waals surface area contributed by atoms with Crippen LogP contribution in [0.5, 0.6) is 0 Å². The second-order valence-electron chi connectivity index (χ2n) is 5.68. The molecule has 0 unspecified atom stereocenters. The molecule has 0 bridgehead atoms. The molecule has 100 valence electrons. The third kappa shape index (κ3) is 4.61. The van der Waals surface area contributed by atoms with Gasteiger partial charge in [0.25, 0.3) is 0 Å². The second-order valence-corrected chi connectivity index (χ2v) is 5.68. The van der Waals surface area contributed by atoms with E-state index in [-0.39, 0.29) is 11.2 Å². The quantitative estimate of drug-likeness (QED) is 0.748. The van der Waals surface area contributed by atoms with Crippen molar-refractivity contribution in [2.45, 2.75) is 46.5 Å². The van der Waals surface area contributed by atoms with Crippen molar-refractivity contribution in [1.82, 2.24) is 0 Å². The highest BCUT2D eigenvalue weighted by atomic mass is 16.1. The summed E-state index contributed by atoms with van der Waals surface area (Å²) >= 11 is 0. The Balaban J connectivity index is 2.60. The maximum atomic E-state index is 12.1. The van der Waals surface area contributed by atoms with Crippen LogP contribution in [0.3, 0.4) is 0 Å². The van der Waals surface area contributed by atoms with Crippen LogP contribution in [0.4, 0.5) is 0 Å². The van der Waals surface area contributed by atoms with E-state index in [0.717, 1.165) is 24.8 Å². The second kappa shape index (κ2) is 6.69. The maximum absolute atomic E-state index is 12.1. The number of hydrogen-bond acceptors (Lipinski definition) is 2. The summed E-state index contributed by atoms with van der Waals surface area (Å²) in [6, 6.07) is 7.96. The third-order valence-electron chi connectivity index (χ3n) is 3.51. The van der Waals surface area contributed by atoms with Crippen molar-refractivity contribution in [3.63, 3.8) is 0 Å². The number of hydrogen-bond donors (Lipinski definition) is 1. The van der Waals surface area contributed by atoms with Crippen LogP contribution in [-0.2, 0) is 6.42 Å². The van der Waals surface area contributed by atoms with E-state index < -0.39 is 0 Å². The Morgan fingerprint density at radius 2 is 2.00 bits per heavy atom.